The summed E-state index contributed by atoms with van der Waals surface area (Å²) >= 11 is 0. The highest BCUT2D eigenvalue weighted by Crippen LogP contribution is 2.64. The highest BCUT2D eigenvalue weighted by molar-refractivity contribution is 5.85. The Morgan fingerprint density at radius 2 is 1.91 bits per heavy atom. The number of hydrogen-bond acceptors (Lipinski definition) is 3. The topological polar surface area (TPSA) is 47.8 Å². The van der Waals surface area contributed by atoms with E-state index in [4.69, 9.17) is 5.10 Å². The SMILES string of the molecule is CC1CCC2C(CCC3C2CCC2(C)C(C(=O)C(C)n4nc5c(n4)CCC=C5)CCC32)C1. The molecule has 0 amide bonds. The van der Waals surface area contributed by atoms with E-state index in [1.807, 2.05) is 6.92 Å². The Morgan fingerprint density at radius 3 is 2.75 bits per heavy atom. The smallest absolute Gasteiger partial charge is 0.162 e. The molecular formula is C28H41N3O. The summed E-state index contributed by atoms with van der Waals surface area (Å²) in [6.45, 7) is 6.99. The lowest BCUT2D eigenvalue weighted by Crippen LogP contribution is -2.49. The van der Waals surface area contributed by atoms with Gasteiger partial charge in [0.25, 0.3) is 0 Å². The third kappa shape index (κ3) is 3.18. The molecule has 0 radical (unpaired) electrons. The monoisotopic (exact) mass is 435 g/mol. The largest absolute Gasteiger partial charge is 0.297 e. The van der Waals surface area contributed by atoms with Crippen LogP contribution in [-0.2, 0) is 11.2 Å². The lowest BCUT2D eigenvalue weighted by molar-refractivity contribution is -0.133. The maximum atomic E-state index is 13.8. The molecule has 0 bridgehead atoms. The first-order valence-electron chi connectivity index (χ1n) is 13.6. The first-order chi connectivity index (χ1) is 15.5. The number of carbonyl (C=O) groups is 1. The number of carbonyl (C=O) groups excluding carboxylic acids is 1. The molecule has 9 atom stereocenters. The van der Waals surface area contributed by atoms with E-state index >= 15 is 0 Å². The zero-order chi connectivity index (χ0) is 22.0. The second-order valence-corrected chi connectivity index (χ2v) is 12.4. The van der Waals surface area contributed by atoms with Crippen molar-refractivity contribution in [1.82, 2.24) is 15.0 Å². The molecule has 9 unspecified atom stereocenters. The Labute approximate surface area is 193 Å². The first-order valence-corrected chi connectivity index (χ1v) is 13.6. The summed E-state index contributed by atoms with van der Waals surface area (Å²) in [4.78, 5) is 15.6. The van der Waals surface area contributed by atoms with Crippen LogP contribution in [0.25, 0.3) is 6.08 Å². The molecule has 1 heterocycles. The predicted octanol–water partition coefficient (Wildman–Crippen LogP) is 6.27. The molecule has 32 heavy (non-hydrogen) atoms. The molecule has 5 aliphatic carbocycles. The van der Waals surface area contributed by atoms with Crippen molar-refractivity contribution in [3.05, 3.63) is 17.5 Å². The Bertz CT molecular complexity index is 918. The van der Waals surface area contributed by atoms with E-state index in [1.54, 1.807) is 4.80 Å². The quantitative estimate of drug-likeness (QED) is 0.562. The van der Waals surface area contributed by atoms with Gasteiger partial charge in [-0.15, -0.1) is 0 Å². The number of ketones is 1. The first kappa shape index (κ1) is 21.1. The van der Waals surface area contributed by atoms with Crippen LogP contribution in [0.4, 0.5) is 0 Å². The molecule has 4 heteroatoms. The predicted molar refractivity (Wildman–Crippen MR) is 127 cm³/mol. The molecule has 6 rings (SSSR count). The van der Waals surface area contributed by atoms with Crippen molar-refractivity contribution in [2.24, 2.45) is 46.8 Å². The van der Waals surface area contributed by atoms with E-state index in [9.17, 15) is 4.79 Å². The average Bonchev–Trinajstić information content (AvgIpc) is 3.38. The average molecular weight is 436 g/mol. The van der Waals surface area contributed by atoms with Crippen LogP contribution in [0.15, 0.2) is 6.08 Å². The van der Waals surface area contributed by atoms with Crippen LogP contribution in [0.3, 0.4) is 0 Å². The summed E-state index contributed by atoms with van der Waals surface area (Å²) in [5, 5.41) is 9.40. The van der Waals surface area contributed by atoms with Gasteiger partial charge in [0.1, 0.15) is 11.7 Å². The molecule has 1 aromatic heterocycles. The molecule has 0 spiro atoms. The van der Waals surface area contributed by atoms with Crippen molar-refractivity contribution in [2.75, 3.05) is 0 Å². The third-order valence-electron chi connectivity index (χ3n) is 10.9. The van der Waals surface area contributed by atoms with Crippen molar-refractivity contribution in [2.45, 2.75) is 97.4 Å². The van der Waals surface area contributed by atoms with Crippen molar-refractivity contribution < 1.29 is 4.79 Å². The molecule has 4 nitrogen and oxygen atoms in total. The van der Waals surface area contributed by atoms with Crippen molar-refractivity contribution in [3.63, 3.8) is 0 Å². The Kier molecular flexibility index (Phi) is 5.15. The van der Waals surface area contributed by atoms with E-state index in [0.29, 0.717) is 5.78 Å². The fourth-order valence-electron chi connectivity index (χ4n) is 9.22. The molecule has 0 aromatic carbocycles. The van der Waals surface area contributed by atoms with Gasteiger partial charge in [-0.2, -0.15) is 15.0 Å². The number of rotatable bonds is 3. The molecular weight excluding hydrogens is 394 g/mol. The molecule has 1 aromatic rings. The van der Waals surface area contributed by atoms with Crippen LogP contribution in [0.5, 0.6) is 0 Å². The summed E-state index contributed by atoms with van der Waals surface area (Å²) < 4.78 is 0. The van der Waals surface area contributed by atoms with E-state index in [1.165, 1.54) is 51.4 Å². The van der Waals surface area contributed by atoms with E-state index < -0.39 is 0 Å². The van der Waals surface area contributed by atoms with Crippen LogP contribution >= 0.6 is 0 Å². The van der Waals surface area contributed by atoms with Crippen molar-refractivity contribution in [3.8, 4) is 0 Å². The van der Waals surface area contributed by atoms with Crippen LogP contribution in [-0.4, -0.2) is 20.8 Å². The molecule has 4 saturated carbocycles. The molecule has 0 saturated heterocycles. The summed E-state index contributed by atoms with van der Waals surface area (Å²) in [5.74, 6) is 6.06. The zero-order valence-corrected chi connectivity index (χ0v) is 20.3. The van der Waals surface area contributed by atoms with Gasteiger partial charge in [0.15, 0.2) is 5.78 Å². The Morgan fingerprint density at radius 1 is 1.06 bits per heavy atom. The van der Waals surface area contributed by atoms with Crippen molar-refractivity contribution >= 4 is 11.9 Å². The summed E-state index contributed by atoms with van der Waals surface area (Å²) in [5.41, 5.74) is 2.21. The second-order valence-electron chi connectivity index (χ2n) is 12.4. The Balaban J connectivity index is 1.20. The maximum absolute atomic E-state index is 13.8. The number of fused-ring (bicyclic) bond motifs is 6. The van der Waals surface area contributed by atoms with Crippen molar-refractivity contribution in [1.29, 1.82) is 0 Å². The Hall–Kier alpha value is -1.45. The van der Waals surface area contributed by atoms with E-state index in [0.717, 1.165) is 66.2 Å². The zero-order valence-electron chi connectivity index (χ0n) is 20.3. The lowest BCUT2D eigenvalue weighted by Gasteiger charge is -2.56. The van der Waals surface area contributed by atoms with Crippen LogP contribution in [0.2, 0.25) is 0 Å². The van der Waals surface area contributed by atoms with E-state index in [-0.39, 0.29) is 17.4 Å². The van der Waals surface area contributed by atoms with Gasteiger partial charge in [-0.25, -0.2) is 0 Å². The number of nitrogens with zero attached hydrogens (tertiary/aromatic N) is 3. The maximum Gasteiger partial charge on any atom is 0.162 e. The number of aryl methyl sites for hydroxylation is 1. The van der Waals surface area contributed by atoms with Gasteiger partial charge in [0, 0.05) is 5.92 Å². The van der Waals surface area contributed by atoms with Gasteiger partial charge in [-0.3, -0.25) is 4.79 Å². The summed E-state index contributed by atoms with van der Waals surface area (Å²) in [6, 6.07) is -0.247. The minimum absolute atomic E-state index is 0.186. The van der Waals surface area contributed by atoms with Crippen LogP contribution in [0.1, 0.15) is 102 Å². The summed E-state index contributed by atoms with van der Waals surface area (Å²) in [6.07, 6.45) is 18.4. The van der Waals surface area contributed by atoms with Gasteiger partial charge in [-0.1, -0.05) is 26.3 Å². The lowest BCUT2D eigenvalue weighted by atomic mass is 9.49. The highest BCUT2D eigenvalue weighted by Gasteiger charge is 2.58. The molecule has 5 aliphatic rings. The minimum atomic E-state index is -0.247. The molecule has 0 N–H and O–H groups in total. The third-order valence-corrected chi connectivity index (χ3v) is 10.9. The molecule has 174 valence electrons. The fraction of sp³-hybridized carbons (Fsp3) is 0.821. The molecule has 0 aliphatic heterocycles. The van der Waals surface area contributed by atoms with Gasteiger partial charge in [0.05, 0.1) is 5.69 Å². The second kappa shape index (κ2) is 7.81. The standard InChI is InChI=1S/C28H41N3O/c1-17-8-10-20-19(16-17)9-11-22-21(20)14-15-28(3)23(22)12-13-24(28)27(32)18(2)31-29-25-6-4-5-7-26(25)30-31/h4,6,17-24H,5,7-16H2,1-3H3. The normalized spacial score (nSPS) is 43.7. The number of allylic oxidation sites excluding steroid dienone is 1. The summed E-state index contributed by atoms with van der Waals surface area (Å²) in [7, 11) is 0. The van der Waals surface area contributed by atoms with Gasteiger partial charge in [-0.05, 0) is 118 Å². The van der Waals surface area contributed by atoms with Crippen LogP contribution < -0.4 is 0 Å². The minimum Gasteiger partial charge on any atom is -0.297 e. The number of aromatic nitrogens is 3. The van der Waals surface area contributed by atoms with Gasteiger partial charge < -0.3 is 0 Å². The van der Waals surface area contributed by atoms with E-state index in [2.05, 4.69) is 31.1 Å². The van der Waals surface area contributed by atoms with Gasteiger partial charge in [0.2, 0.25) is 0 Å². The molecule has 4 fully saturated rings. The fourth-order valence-corrected chi connectivity index (χ4v) is 9.22. The number of Topliss-reactive ketones (excluding diaryl/α,β-unsaturated/α-hetero) is 1. The number of hydrogen-bond donors (Lipinski definition) is 0. The van der Waals surface area contributed by atoms with Crippen LogP contribution in [0, 0.1) is 46.8 Å². The highest BCUT2D eigenvalue weighted by atomic mass is 16.1. The van der Waals surface area contributed by atoms with Gasteiger partial charge >= 0.3 is 0 Å².